The van der Waals surface area contributed by atoms with Crippen molar-refractivity contribution in [2.75, 3.05) is 0 Å². The van der Waals surface area contributed by atoms with Crippen molar-refractivity contribution in [1.29, 1.82) is 0 Å². The van der Waals surface area contributed by atoms with E-state index in [4.69, 9.17) is 17.0 Å². The van der Waals surface area contributed by atoms with Gasteiger partial charge in [-0.05, 0) is 0 Å². The van der Waals surface area contributed by atoms with Crippen LogP contribution in [0.1, 0.15) is 79.5 Å². The van der Waals surface area contributed by atoms with E-state index in [2.05, 4.69) is 153 Å². The fourth-order valence-corrected chi connectivity index (χ4v) is 40.2. The first-order chi connectivity index (χ1) is 21.6. The molecule has 0 spiro atoms. The van der Waals surface area contributed by atoms with Crippen LogP contribution in [0.2, 0.25) is 13.1 Å². The van der Waals surface area contributed by atoms with Crippen LogP contribution in [-0.2, 0) is 15.6 Å². The van der Waals surface area contributed by atoms with Gasteiger partial charge in [-0.3, -0.25) is 0 Å². The minimum absolute atomic E-state index is 0.0836. The third-order valence-electron chi connectivity index (χ3n) is 10.8. The summed E-state index contributed by atoms with van der Waals surface area (Å²) in [5.41, 5.74) is 18.6. The van der Waals surface area contributed by atoms with Crippen LogP contribution < -0.4 is 0 Å². The van der Waals surface area contributed by atoms with Crippen LogP contribution in [-0.4, -0.2) is 5.92 Å². The number of rotatable bonds is 7. The van der Waals surface area contributed by atoms with Crippen molar-refractivity contribution in [2.24, 2.45) is 11.8 Å². The van der Waals surface area contributed by atoms with E-state index in [0.29, 0.717) is 11.8 Å². The summed E-state index contributed by atoms with van der Waals surface area (Å²) >= 11 is -4.88. The number of hydrogen-bond acceptors (Lipinski definition) is 0. The van der Waals surface area contributed by atoms with Crippen LogP contribution in [0.3, 0.4) is 0 Å². The summed E-state index contributed by atoms with van der Waals surface area (Å²) in [6.07, 6.45) is 4.99. The fraction of sp³-hybridized carbons (Fsp3) is 0.333. The molecule has 46 heavy (non-hydrogen) atoms. The molecule has 4 aromatic rings. The number of hydrogen-bond donors (Lipinski definition) is 0. The normalized spacial score (nSPS) is 18.5. The molecule has 0 amide bonds. The van der Waals surface area contributed by atoms with Crippen molar-refractivity contribution >= 4 is 35.1 Å². The second-order valence-electron chi connectivity index (χ2n) is 15.2. The van der Waals surface area contributed by atoms with Gasteiger partial charge in [0.2, 0.25) is 0 Å². The molecule has 0 saturated carbocycles. The molecule has 0 heterocycles. The van der Waals surface area contributed by atoms with Gasteiger partial charge in [0, 0.05) is 0 Å². The Kier molecular flexibility index (Phi) is 8.98. The van der Waals surface area contributed by atoms with Crippen LogP contribution in [0.25, 0.3) is 34.4 Å². The number of aryl methyl sites for hydroxylation is 4. The standard InChI is InChI=1S/2C20H21.C2H7Si.2ClH.Zr/c2*1-13(2)17-11-16-6-5-7-19(20(16)12-17)18-9-14(3)8-15(4)10-18;1-3-2;;;/h2*5-13H,1-4H3;3H,1-2H3;2*1H;/q;;;;;+2/p-2. The van der Waals surface area contributed by atoms with Crippen molar-refractivity contribution in [3.05, 3.63) is 128 Å². The second-order valence-corrected chi connectivity index (χ2v) is 57.7. The van der Waals surface area contributed by atoms with E-state index >= 15 is 0 Å². The van der Waals surface area contributed by atoms with E-state index in [0.717, 1.165) is 0 Å². The Hall–Kier alpha value is -1.96. The van der Waals surface area contributed by atoms with Gasteiger partial charge in [-0.2, -0.15) is 0 Å². The molecule has 2 aliphatic rings. The second kappa shape index (κ2) is 12.2. The van der Waals surface area contributed by atoms with Gasteiger partial charge < -0.3 is 0 Å². The molecule has 4 aromatic carbocycles. The van der Waals surface area contributed by atoms with E-state index in [1.54, 1.807) is 0 Å². The number of halogens is 2. The summed E-state index contributed by atoms with van der Waals surface area (Å²) in [5, 5.41) is 0. The monoisotopic (exact) mass is 741 g/mol. The van der Waals surface area contributed by atoms with Crippen molar-refractivity contribution in [2.45, 2.75) is 75.7 Å². The first-order valence-corrected chi connectivity index (χ1v) is 33.4. The van der Waals surface area contributed by atoms with Gasteiger partial charge >= 0.3 is 289 Å². The van der Waals surface area contributed by atoms with E-state index in [9.17, 15) is 0 Å². The van der Waals surface area contributed by atoms with Crippen LogP contribution in [0.15, 0.2) is 83.9 Å². The Morgan fingerprint density at radius 3 is 1.22 bits per heavy atom. The Labute approximate surface area is 286 Å². The zero-order valence-corrected chi connectivity index (χ0v) is 34.4. The van der Waals surface area contributed by atoms with Gasteiger partial charge in [0.15, 0.2) is 0 Å². The van der Waals surface area contributed by atoms with Gasteiger partial charge in [0.25, 0.3) is 0 Å². The van der Waals surface area contributed by atoms with Crippen molar-refractivity contribution in [1.82, 2.24) is 0 Å². The van der Waals surface area contributed by atoms with Crippen molar-refractivity contribution in [3.63, 3.8) is 0 Å². The topological polar surface area (TPSA) is 0 Å². The number of allylic oxidation sites excluding steroid dienone is 2. The van der Waals surface area contributed by atoms with Crippen molar-refractivity contribution in [3.8, 4) is 22.3 Å². The molecule has 0 aromatic heterocycles. The molecule has 2 atom stereocenters. The maximum absolute atomic E-state index is 8.73. The molecule has 4 heteroatoms. The van der Waals surface area contributed by atoms with Gasteiger partial charge in [-0.15, -0.1) is 0 Å². The molecule has 0 fully saturated rings. The summed E-state index contributed by atoms with van der Waals surface area (Å²) in [6, 6.07) is 27.6. The first-order valence-electron chi connectivity index (χ1n) is 17.0. The molecule has 0 saturated heterocycles. The third-order valence-corrected chi connectivity index (χ3v) is 62.5. The van der Waals surface area contributed by atoms with E-state index in [1.165, 1.54) is 77.9 Å². The Morgan fingerprint density at radius 1 is 0.565 bits per heavy atom. The van der Waals surface area contributed by atoms with Crippen molar-refractivity contribution < 1.29 is 15.6 Å². The van der Waals surface area contributed by atoms with Crippen LogP contribution in [0.4, 0.5) is 0 Å². The zero-order chi connectivity index (χ0) is 33.3. The zero-order valence-electron chi connectivity index (χ0n) is 29.2. The summed E-state index contributed by atoms with van der Waals surface area (Å²) < 4.78 is 0.167. The van der Waals surface area contributed by atoms with Crippen LogP contribution >= 0.6 is 17.0 Å². The van der Waals surface area contributed by atoms with Crippen LogP contribution in [0, 0.1) is 39.5 Å². The average molecular weight is 744 g/mol. The number of benzene rings is 4. The first kappa shape index (κ1) is 33.9. The Morgan fingerprint density at radius 2 is 0.913 bits per heavy atom. The molecular formula is C42H49Cl2SiZr. The predicted octanol–water partition coefficient (Wildman–Crippen LogP) is 13.1. The van der Waals surface area contributed by atoms with Gasteiger partial charge in [-0.1, -0.05) is 0 Å². The Bertz CT molecular complexity index is 1750. The summed E-state index contributed by atoms with van der Waals surface area (Å²) in [7, 11) is 17.5. The molecule has 0 N–H and O–H groups in total. The maximum atomic E-state index is 8.73. The van der Waals surface area contributed by atoms with Crippen LogP contribution in [0.5, 0.6) is 0 Å². The van der Waals surface area contributed by atoms with Gasteiger partial charge in [0.05, 0.1) is 0 Å². The van der Waals surface area contributed by atoms with E-state index in [-0.39, 0.29) is 7.25 Å². The molecule has 239 valence electrons. The Balaban J connectivity index is 1.63. The summed E-state index contributed by atoms with van der Waals surface area (Å²) in [4.78, 5) is 0. The third kappa shape index (κ3) is 5.44. The van der Waals surface area contributed by atoms with Gasteiger partial charge in [0.1, 0.15) is 0 Å². The molecule has 0 radical (unpaired) electrons. The molecular weight excluding hydrogens is 695 g/mol. The molecule has 2 unspecified atom stereocenters. The summed E-state index contributed by atoms with van der Waals surface area (Å²) in [5.74, 6) is -0.963. The molecule has 0 nitrogen and oxygen atoms in total. The predicted molar refractivity (Wildman–Crippen MR) is 204 cm³/mol. The molecule has 6 rings (SSSR count). The molecule has 0 bridgehead atoms. The average Bonchev–Trinajstić information content (AvgIpc) is 3.57. The summed E-state index contributed by atoms with van der Waals surface area (Å²) in [6.45, 7) is 23.1. The van der Waals surface area contributed by atoms with E-state index in [1.807, 2.05) is 0 Å². The van der Waals surface area contributed by atoms with E-state index < -0.39 is 21.5 Å². The van der Waals surface area contributed by atoms with Gasteiger partial charge in [-0.25, -0.2) is 0 Å². The molecule has 2 aliphatic carbocycles. The fourth-order valence-electron chi connectivity index (χ4n) is 8.68. The molecule has 0 aliphatic heterocycles. The SMILES string of the molecule is Cc1cc(C)cc(-c2cccc3c2C=C(C(C)C)[CH]3[Zr]([Cl])([Cl])([CH]2C(C(C)C)=Cc3c(-c4cc(C)cc(C)c4)cccc32)[SiH](C)C)c1. The minimum atomic E-state index is -4.88. The number of fused-ring (bicyclic) bond motifs is 2. The quantitative estimate of drug-likeness (QED) is 0.165.